The van der Waals surface area contributed by atoms with Gasteiger partial charge >= 0.3 is 0 Å². The maximum Gasteiger partial charge on any atom is 0.275 e. The molecule has 5 aromatic rings. The molecule has 0 aliphatic rings. The van der Waals surface area contributed by atoms with Crippen LogP contribution in [-0.4, -0.2) is 20.7 Å². The van der Waals surface area contributed by atoms with Crippen molar-refractivity contribution in [3.05, 3.63) is 88.8 Å². The Balaban J connectivity index is 1.33. The summed E-state index contributed by atoms with van der Waals surface area (Å²) in [5.41, 5.74) is 3.33. The zero-order chi connectivity index (χ0) is 21.4. The molecule has 152 valence electrons. The molecule has 7 heteroatoms. The normalized spacial score (nSPS) is 11.1. The Kier molecular flexibility index (Phi) is 4.55. The molecule has 3 aromatic carbocycles. The lowest BCUT2D eigenvalue weighted by molar-refractivity contribution is -0.117. The lowest BCUT2D eigenvalue weighted by atomic mass is 10.1. The molecule has 5 rings (SSSR count). The molecule has 1 amide bonds. The average Bonchev–Trinajstić information content (AvgIpc) is 3.22. The van der Waals surface area contributed by atoms with Gasteiger partial charge in [0.25, 0.3) is 5.56 Å². The summed E-state index contributed by atoms with van der Waals surface area (Å²) in [7, 11) is 0. The van der Waals surface area contributed by atoms with E-state index in [0.29, 0.717) is 22.7 Å². The predicted molar refractivity (Wildman–Crippen MR) is 119 cm³/mol. The van der Waals surface area contributed by atoms with Crippen molar-refractivity contribution in [2.24, 2.45) is 0 Å². The van der Waals surface area contributed by atoms with Crippen LogP contribution in [0.2, 0.25) is 0 Å². The molecule has 7 nitrogen and oxygen atoms in total. The summed E-state index contributed by atoms with van der Waals surface area (Å²) in [6.45, 7) is 1.65. The van der Waals surface area contributed by atoms with Crippen LogP contribution in [0.5, 0.6) is 0 Å². The molecular formula is C24H18N4O3. The van der Waals surface area contributed by atoms with Gasteiger partial charge in [-0.05, 0) is 49.4 Å². The van der Waals surface area contributed by atoms with Gasteiger partial charge in [0.05, 0.1) is 11.1 Å². The van der Waals surface area contributed by atoms with Gasteiger partial charge in [-0.15, -0.1) is 0 Å². The molecule has 0 saturated heterocycles. The third-order valence-corrected chi connectivity index (χ3v) is 5.06. The molecule has 0 unspecified atom stereocenters. The number of amides is 1. The number of carbonyl (C=O) groups excluding carboxylic acids is 1. The number of aryl methyl sites for hydroxylation is 1. The van der Waals surface area contributed by atoms with Crippen LogP contribution < -0.4 is 10.9 Å². The number of anilines is 1. The van der Waals surface area contributed by atoms with Gasteiger partial charge in [0, 0.05) is 16.6 Å². The largest absolute Gasteiger partial charge is 0.436 e. The van der Waals surface area contributed by atoms with Crippen LogP contribution in [0.1, 0.15) is 5.69 Å². The minimum absolute atomic E-state index is 0.169. The van der Waals surface area contributed by atoms with Crippen molar-refractivity contribution < 1.29 is 9.21 Å². The third kappa shape index (κ3) is 3.57. The molecule has 2 heterocycles. The Labute approximate surface area is 177 Å². The van der Waals surface area contributed by atoms with E-state index in [1.54, 1.807) is 24.3 Å². The second kappa shape index (κ2) is 7.53. The van der Waals surface area contributed by atoms with Crippen LogP contribution in [0.25, 0.3) is 33.3 Å². The van der Waals surface area contributed by atoms with Crippen molar-refractivity contribution >= 4 is 33.5 Å². The average molecular weight is 410 g/mol. The predicted octanol–water partition coefficient (Wildman–Crippen LogP) is 4.15. The summed E-state index contributed by atoms with van der Waals surface area (Å²) in [5, 5.41) is 8.42. The monoisotopic (exact) mass is 410 g/mol. The SMILES string of the molecule is Cc1nn(CC(=O)Nc2ccc(-c3nc4ccccc4o3)cc2)c(=O)c2ccccc12. The topological polar surface area (TPSA) is 90.0 Å². The highest BCUT2D eigenvalue weighted by Crippen LogP contribution is 2.25. The van der Waals surface area contributed by atoms with E-state index < -0.39 is 0 Å². The molecular weight excluding hydrogens is 392 g/mol. The molecule has 31 heavy (non-hydrogen) atoms. The zero-order valence-corrected chi connectivity index (χ0v) is 16.7. The molecule has 0 radical (unpaired) electrons. The van der Waals surface area contributed by atoms with Crippen LogP contribution in [0.4, 0.5) is 5.69 Å². The zero-order valence-electron chi connectivity index (χ0n) is 16.7. The number of aromatic nitrogens is 3. The van der Waals surface area contributed by atoms with Crippen molar-refractivity contribution in [2.75, 3.05) is 5.32 Å². The van der Waals surface area contributed by atoms with Crippen LogP contribution in [0, 0.1) is 6.92 Å². The van der Waals surface area contributed by atoms with Gasteiger partial charge in [-0.25, -0.2) is 9.67 Å². The summed E-state index contributed by atoms with van der Waals surface area (Å²) in [6.07, 6.45) is 0. The number of nitrogens with one attached hydrogen (secondary N) is 1. The van der Waals surface area contributed by atoms with Crippen LogP contribution >= 0.6 is 0 Å². The van der Waals surface area contributed by atoms with Crippen molar-refractivity contribution in [1.82, 2.24) is 14.8 Å². The third-order valence-electron chi connectivity index (χ3n) is 5.06. The van der Waals surface area contributed by atoms with E-state index in [9.17, 15) is 9.59 Å². The fraction of sp³-hybridized carbons (Fsp3) is 0.0833. The van der Waals surface area contributed by atoms with Crippen LogP contribution in [0.3, 0.4) is 0 Å². The molecule has 0 bridgehead atoms. The van der Waals surface area contributed by atoms with E-state index in [0.717, 1.165) is 22.0 Å². The van der Waals surface area contributed by atoms with Gasteiger partial charge < -0.3 is 9.73 Å². The van der Waals surface area contributed by atoms with Crippen LogP contribution in [-0.2, 0) is 11.3 Å². The second-order valence-corrected chi connectivity index (χ2v) is 7.21. The fourth-order valence-corrected chi connectivity index (χ4v) is 3.54. The first kappa shape index (κ1) is 18.7. The molecule has 0 spiro atoms. The number of para-hydroxylation sites is 2. The van der Waals surface area contributed by atoms with E-state index in [-0.39, 0.29) is 18.0 Å². The number of hydrogen-bond acceptors (Lipinski definition) is 5. The highest BCUT2D eigenvalue weighted by molar-refractivity contribution is 5.91. The van der Waals surface area contributed by atoms with E-state index in [1.165, 1.54) is 4.68 Å². The second-order valence-electron chi connectivity index (χ2n) is 7.21. The molecule has 1 N–H and O–H groups in total. The molecule has 0 fully saturated rings. The first-order valence-corrected chi connectivity index (χ1v) is 9.81. The van der Waals surface area contributed by atoms with E-state index >= 15 is 0 Å². The first-order chi connectivity index (χ1) is 15.1. The molecule has 2 aromatic heterocycles. The number of fused-ring (bicyclic) bond motifs is 2. The lowest BCUT2D eigenvalue weighted by Crippen LogP contribution is -2.30. The molecule has 0 saturated carbocycles. The maximum atomic E-state index is 12.6. The maximum absolute atomic E-state index is 12.6. The lowest BCUT2D eigenvalue weighted by Gasteiger charge is -2.09. The Morgan fingerprint density at radius 1 is 0.968 bits per heavy atom. The molecule has 0 aliphatic heterocycles. The van der Waals surface area contributed by atoms with Crippen molar-refractivity contribution in [3.8, 4) is 11.5 Å². The molecule has 0 aliphatic carbocycles. The van der Waals surface area contributed by atoms with Gasteiger partial charge in [0.2, 0.25) is 11.8 Å². The van der Waals surface area contributed by atoms with Gasteiger partial charge in [0.15, 0.2) is 5.58 Å². The van der Waals surface area contributed by atoms with E-state index in [1.807, 2.05) is 55.5 Å². The number of benzene rings is 3. The highest BCUT2D eigenvalue weighted by Gasteiger charge is 2.12. The van der Waals surface area contributed by atoms with Gasteiger partial charge in [-0.2, -0.15) is 5.10 Å². The van der Waals surface area contributed by atoms with Gasteiger partial charge in [0.1, 0.15) is 12.1 Å². The summed E-state index contributed by atoms with van der Waals surface area (Å²) in [6, 6.07) is 22.0. The summed E-state index contributed by atoms with van der Waals surface area (Å²) < 4.78 is 6.96. The number of oxazole rings is 1. The Hall–Kier alpha value is -4.26. The summed E-state index contributed by atoms with van der Waals surface area (Å²) >= 11 is 0. The Morgan fingerprint density at radius 3 is 2.45 bits per heavy atom. The van der Waals surface area contributed by atoms with Crippen molar-refractivity contribution in [3.63, 3.8) is 0 Å². The van der Waals surface area contributed by atoms with Crippen LogP contribution in [0.15, 0.2) is 82.0 Å². The van der Waals surface area contributed by atoms with Crippen molar-refractivity contribution in [1.29, 1.82) is 0 Å². The smallest absolute Gasteiger partial charge is 0.275 e. The quantitative estimate of drug-likeness (QED) is 0.481. The Bertz CT molecular complexity index is 1450. The Morgan fingerprint density at radius 2 is 1.68 bits per heavy atom. The standard InChI is InChI=1S/C24H18N4O3/c1-15-18-6-2-3-7-19(18)24(30)28(27-15)14-22(29)25-17-12-10-16(11-13-17)23-26-20-8-4-5-9-21(20)31-23/h2-13H,14H2,1H3,(H,25,29). The number of hydrogen-bond donors (Lipinski definition) is 1. The first-order valence-electron chi connectivity index (χ1n) is 9.81. The minimum Gasteiger partial charge on any atom is -0.436 e. The van der Waals surface area contributed by atoms with Gasteiger partial charge in [-0.1, -0.05) is 30.3 Å². The van der Waals surface area contributed by atoms with Gasteiger partial charge in [-0.3, -0.25) is 9.59 Å². The van der Waals surface area contributed by atoms with E-state index in [2.05, 4.69) is 15.4 Å². The number of carbonyl (C=O) groups is 1. The summed E-state index contributed by atoms with van der Waals surface area (Å²) in [4.78, 5) is 29.6. The highest BCUT2D eigenvalue weighted by atomic mass is 16.3. The molecule has 0 atom stereocenters. The number of rotatable bonds is 4. The number of nitrogens with zero attached hydrogens (tertiary/aromatic N) is 3. The fourth-order valence-electron chi connectivity index (χ4n) is 3.54. The summed E-state index contributed by atoms with van der Waals surface area (Å²) in [5.74, 6) is 0.181. The van der Waals surface area contributed by atoms with Crippen molar-refractivity contribution in [2.45, 2.75) is 13.5 Å². The minimum atomic E-state index is -0.334. The van der Waals surface area contributed by atoms with E-state index in [4.69, 9.17) is 4.42 Å².